The zero-order chi connectivity index (χ0) is 14.5. The number of carbonyl (C=O) groups is 1. The molecule has 2 rings (SSSR count). The van der Waals surface area contributed by atoms with E-state index >= 15 is 0 Å². The smallest absolute Gasteiger partial charge is 0.242 e. The van der Waals surface area contributed by atoms with Gasteiger partial charge in [-0.2, -0.15) is 0 Å². The fraction of sp³-hybridized carbons (Fsp3) is 0.533. The highest BCUT2D eigenvalue weighted by Gasteiger charge is 2.20. The van der Waals surface area contributed by atoms with Gasteiger partial charge >= 0.3 is 0 Å². The van der Waals surface area contributed by atoms with Gasteiger partial charge in [0.15, 0.2) is 0 Å². The van der Waals surface area contributed by atoms with E-state index in [0.29, 0.717) is 10.7 Å². The molecule has 0 aliphatic heterocycles. The zero-order valence-corrected chi connectivity index (χ0v) is 12.3. The maximum atomic E-state index is 13.2. The second-order valence-electron chi connectivity index (χ2n) is 5.33. The monoisotopic (exact) mass is 298 g/mol. The molecule has 5 heteroatoms. The molecule has 2 N–H and O–H groups in total. The molecule has 1 fully saturated rings. The molecule has 0 bridgehead atoms. The zero-order valence-electron chi connectivity index (χ0n) is 11.6. The van der Waals surface area contributed by atoms with E-state index in [1.807, 2.05) is 0 Å². The average Bonchev–Trinajstić information content (AvgIpc) is 2.44. The number of hydrogen-bond donors (Lipinski definition) is 2. The number of rotatable bonds is 4. The van der Waals surface area contributed by atoms with Crippen molar-refractivity contribution in [3.63, 3.8) is 0 Å². The van der Waals surface area contributed by atoms with Gasteiger partial charge in [0.2, 0.25) is 5.91 Å². The Morgan fingerprint density at radius 1 is 1.35 bits per heavy atom. The summed E-state index contributed by atoms with van der Waals surface area (Å²) in [6.07, 6.45) is 5.67. The second-order valence-corrected chi connectivity index (χ2v) is 5.74. The Labute approximate surface area is 123 Å². The third-order valence-electron chi connectivity index (χ3n) is 3.65. The van der Waals surface area contributed by atoms with Crippen LogP contribution in [0.5, 0.6) is 0 Å². The maximum absolute atomic E-state index is 13.2. The minimum absolute atomic E-state index is 0.0720. The first-order valence-electron chi connectivity index (χ1n) is 7.08. The second kappa shape index (κ2) is 6.93. The van der Waals surface area contributed by atoms with Crippen LogP contribution in [-0.2, 0) is 4.79 Å². The van der Waals surface area contributed by atoms with Crippen molar-refractivity contribution in [2.45, 2.75) is 51.1 Å². The van der Waals surface area contributed by atoms with Crippen molar-refractivity contribution in [2.75, 3.05) is 5.32 Å². The first-order valence-corrected chi connectivity index (χ1v) is 7.46. The molecule has 0 spiro atoms. The van der Waals surface area contributed by atoms with E-state index in [2.05, 4.69) is 10.6 Å². The molecule has 1 aromatic carbocycles. The Balaban J connectivity index is 1.91. The normalized spacial score (nSPS) is 17.6. The number of hydrogen-bond acceptors (Lipinski definition) is 2. The first kappa shape index (κ1) is 15.1. The van der Waals surface area contributed by atoms with Crippen LogP contribution in [0.25, 0.3) is 0 Å². The topological polar surface area (TPSA) is 41.1 Å². The van der Waals surface area contributed by atoms with E-state index in [1.54, 1.807) is 6.92 Å². The number of halogens is 2. The summed E-state index contributed by atoms with van der Waals surface area (Å²) in [6.45, 7) is 1.75. The van der Waals surface area contributed by atoms with Crippen molar-refractivity contribution in [2.24, 2.45) is 0 Å². The summed E-state index contributed by atoms with van der Waals surface area (Å²) < 4.78 is 13.2. The van der Waals surface area contributed by atoms with Gasteiger partial charge in [-0.3, -0.25) is 4.79 Å². The van der Waals surface area contributed by atoms with Crippen LogP contribution >= 0.6 is 11.6 Å². The van der Waals surface area contributed by atoms with Crippen LogP contribution in [0.3, 0.4) is 0 Å². The van der Waals surface area contributed by atoms with E-state index in [0.717, 1.165) is 12.8 Å². The van der Waals surface area contributed by atoms with E-state index in [9.17, 15) is 9.18 Å². The minimum atomic E-state index is -0.448. The Bertz CT molecular complexity index is 475. The molecule has 20 heavy (non-hydrogen) atoms. The number of amides is 1. The lowest BCUT2D eigenvalue weighted by molar-refractivity contribution is -0.122. The fourth-order valence-electron chi connectivity index (χ4n) is 2.48. The van der Waals surface area contributed by atoms with Crippen LogP contribution in [0.15, 0.2) is 18.2 Å². The lowest BCUT2D eigenvalue weighted by atomic mass is 9.95. The summed E-state index contributed by atoms with van der Waals surface area (Å²) in [5, 5.41) is 6.40. The molecule has 0 aromatic heterocycles. The number of nitrogens with one attached hydrogen (secondary N) is 2. The van der Waals surface area contributed by atoms with E-state index in [4.69, 9.17) is 11.6 Å². The van der Waals surface area contributed by atoms with Crippen LogP contribution in [0, 0.1) is 5.82 Å². The number of benzene rings is 1. The van der Waals surface area contributed by atoms with Crippen molar-refractivity contribution >= 4 is 23.2 Å². The Hall–Kier alpha value is -1.29. The Morgan fingerprint density at radius 2 is 2.05 bits per heavy atom. The summed E-state index contributed by atoms with van der Waals surface area (Å²) in [5.41, 5.74) is 0.443. The van der Waals surface area contributed by atoms with Gasteiger partial charge in [0.05, 0.1) is 10.7 Å². The van der Waals surface area contributed by atoms with Gasteiger partial charge in [-0.1, -0.05) is 30.9 Å². The summed E-state index contributed by atoms with van der Waals surface area (Å²) >= 11 is 5.98. The fourth-order valence-corrected chi connectivity index (χ4v) is 2.65. The van der Waals surface area contributed by atoms with Gasteiger partial charge in [-0.15, -0.1) is 0 Å². The molecule has 1 aliphatic carbocycles. The molecule has 0 radical (unpaired) electrons. The molecule has 1 atom stereocenters. The SMILES string of the molecule is CC(Nc1cc(F)ccc1Cl)C(=O)NC1CCCCC1. The number of anilines is 1. The van der Waals surface area contributed by atoms with Gasteiger partial charge in [-0.25, -0.2) is 4.39 Å². The van der Waals surface area contributed by atoms with Crippen LogP contribution < -0.4 is 10.6 Å². The van der Waals surface area contributed by atoms with Gasteiger partial charge in [0.1, 0.15) is 11.9 Å². The summed E-state index contributed by atoms with van der Waals surface area (Å²) in [7, 11) is 0. The lowest BCUT2D eigenvalue weighted by Crippen LogP contribution is -2.44. The van der Waals surface area contributed by atoms with E-state index in [-0.39, 0.29) is 17.8 Å². The molecular formula is C15H20ClFN2O. The molecule has 110 valence electrons. The molecule has 1 unspecified atom stereocenters. The van der Waals surface area contributed by atoms with Gasteiger partial charge in [0, 0.05) is 6.04 Å². The van der Waals surface area contributed by atoms with Crippen molar-refractivity contribution in [1.82, 2.24) is 5.32 Å². The van der Waals surface area contributed by atoms with Crippen LogP contribution in [-0.4, -0.2) is 18.0 Å². The Kier molecular flexibility index (Phi) is 5.24. The Morgan fingerprint density at radius 3 is 2.75 bits per heavy atom. The third-order valence-corrected chi connectivity index (χ3v) is 3.97. The minimum Gasteiger partial charge on any atom is -0.373 e. The van der Waals surface area contributed by atoms with Crippen LogP contribution in [0.2, 0.25) is 5.02 Å². The summed E-state index contributed by atoms with van der Waals surface area (Å²) in [4.78, 5) is 12.1. The van der Waals surface area contributed by atoms with E-state index < -0.39 is 6.04 Å². The quantitative estimate of drug-likeness (QED) is 0.889. The molecule has 1 saturated carbocycles. The highest BCUT2D eigenvalue weighted by molar-refractivity contribution is 6.33. The van der Waals surface area contributed by atoms with Crippen molar-refractivity contribution < 1.29 is 9.18 Å². The van der Waals surface area contributed by atoms with Crippen LogP contribution in [0.1, 0.15) is 39.0 Å². The predicted molar refractivity (Wildman–Crippen MR) is 79.5 cm³/mol. The maximum Gasteiger partial charge on any atom is 0.242 e. The van der Waals surface area contributed by atoms with Gasteiger partial charge in [-0.05, 0) is 38.0 Å². The largest absolute Gasteiger partial charge is 0.373 e. The number of carbonyl (C=O) groups excluding carboxylic acids is 1. The molecule has 1 aromatic rings. The molecule has 3 nitrogen and oxygen atoms in total. The molecule has 1 amide bonds. The lowest BCUT2D eigenvalue weighted by Gasteiger charge is -2.25. The molecule has 0 saturated heterocycles. The highest BCUT2D eigenvalue weighted by atomic mass is 35.5. The average molecular weight is 299 g/mol. The van der Waals surface area contributed by atoms with E-state index in [1.165, 1.54) is 37.5 Å². The highest BCUT2D eigenvalue weighted by Crippen LogP contribution is 2.23. The van der Waals surface area contributed by atoms with Gasteiger partial charge < -0.3 is 10.6 Å². The van der Waals surface area contributed by atoms with Crippen molar-refractivity contribution in [3.05, 3.63) is 29.0 Å². The molecule has 1 aliphatic rings. The summed E-state index contributed by atoms with van der Waals surface area (Å²) in [5.74, 6) is -0.450. The summed E-state index contributed by atoms with van der Waals surface area (Å²) in [6, 6.07) is 3.89. The van der Waals surface area contributed by atoms with Crippen molar-refractivity contribution in [1.29, 1.82) is 0 Å². The van der Waals surface area contributed by atoms with Crippen molar-refractivity contribution in [3.8, 4) is 0 Å². The standard InChI is InChI=1S/C15H20ClFN2O/c1-10(15(20)19-12-5-3-2-4-6-12)18-14-9-11(17)7-8-13(14)16/h7-10,12,18H,2-6H2,1H3,(H,19,20). The first-order chi connectivity index (χ1) is 9.56. The van der Waals surface area contributed by atoms with Crippen LogP contribution in [0.4, 0.5) is 10.1 Å². The predicted octanol–water partition coefficient (Wildman–Crippen LogP) is 3.73. The molecular weight excluding hydrogens is 279 g/mol. The van der Waals surface area contributed by atoms with Gasteiger partial charge in [0.25, 0.3) is 0 Å². The third kappa shape index (κ3) is 4.10. The molecule has 0 heterocycles.